The summed E-state index contributed by atoms with van der Waals surface area (Å²) >= 11 is 0. The van der Waals surface area contributed by atoms with E-state index in [4.69, 9.17) is 0 Å². The van der Waals surface area contributed by atoms with Crippen molar-refractivity contribution in [3.63, 3.8) is 0 Å². The Morgan fingerprint density at radius 3 is 2.38 bits per heavy atom. The second-order valence-corrected chi connectivity index (χ2v) is 1.05. The van der Waals surface area contributed by atoms with Gasteiger partial charge in [0.15, 0.2) is 0 Å². The standard InChI is InChI=1S/C2F2N2O2/c3-2(4)6-5-1(7)8-2. The molecule has 44 valence electrons. The summed E-state index contributed by atoms with van der Waals surface area (Å²) in [7, 11) is 0. The smallest absolute Gasteiger partial charge is 0.360 e. The van der Waals surface area contributed by atoms with Gasteiger partial charge in [0.2, 0.25) is 0 Å². The molecule has 0 unspecified atom stereocenters. The molecule has 1 heterocycles. The molecule has 1 amide bonds. The Morgan fingerprint density at radius 2 is 2.25 bits per heavy atom. The Balaban J connectivity index is 2.72. The van der Waals surface area contributed by atoms with Gasteiger partial charge in [0.1, 0.15) is 0 Å². The Kier molecular flexibility index (Phi) is 0.765. The van der Waals surface area contributed by atoms with E-state index in [0.29, 0.717) is 0 Å². The second-order valence-electron chi connectivity index (χ2n) is 1.05. The fourth-order valence-corrected chi connectivity index (χ4v) is 0.245. The van der Waals surface area contributed by atoms with Gasteiger partial charge in [0, 0.05) is 0 Å². The lowest BCUT2D eigenvalue weighted by Gasteiger charge is -1.96. The quantitative estimate of drug-likeness (QED) is 0.452. The van der Waals surface area contributed by atoms with Crippen molar-refractivity contribution in [3.8, 4) is 0 Å². The summed E-state index contributed by atoms with van der Waals surface area (Å²) in [4.78, 5) is 9.70. The van der Waals surface area contributed by atoms with Crippen molar-refractivity contribution >= 4 is 6.09 Å². The number of amides is 1. The van der Waals surface area contributed by atoms with Crippen LogP contribution in [-0.2, 0) is 4.74 Å². The largest absolute Gasteiger partial charge is 0.536 e. The van der Waals surface area contributed by atoms with Crippen LogP contribution in [0, 0.1) is 0 Å². The number of cyclic esters (lactones) is 1. The molecule has 6 heteroatoms. The van der Waals surface area contributed by atoms with Crippen LogP contribution in [0.5, 0.6) is 0 Å². The fourth-order valence-electron chi connectivity index (χ4n) is 0.245. The first-order valence-corrected chi connectivity index (χ1v) is 1.64. The number of rotatable bonds is 0. The van der Waals surface area contributed by atoms with Gasteiger partial charge in [-0.25, -0.2) is 4.79 Å². The van der Waals surface area contributed by atoms with E-state index in [1.807, 2.05) is 0 Å². The molecule has 8 heavy (non-hydrogen) atoms. The van der Waals surface area contributed by atoms with E-state index in [2.05, 4.69) is 15.0 Å². The number of ether oxygens (including phenoxy) is 1. The lowest BCUT2D eigenvalue weighted by Crippen LogP contribution is -2.12. The molecule has 0 aromatic carbocycles. The maximum Gasteiger partial charge on any atom is 0.536 e. The number of halogens is 2. The number of carbonyl (C=O) groups is 1. The molecule has 4 nitrogen and oxygen atoms in total. The summed E-state index contributed by atoms with van der Waals surface area (Å²) in [5.41, 5.74) is 0. The number of azo groups is 1. The minimum Gasteiger partial charge on any atom is -0.360 e. The fraction of sp³-hybridized carbons (Fsp3) is 0.500. The highest BCUT2D eigenvalue weighted by atomic mass is 19.3. The highest BCUT2D eigenvalue weighted by Gasteiger charge is 2.39. The van der Waals surface area contributed by atoms with Crippen LogP contribution in [0.4, 0.5) is 13.6 Å². The van der Waals surface area contributed by atoms with E-state index in [1.165, 1.54) is 0 Å². The maximum atomic E-state index is 11.5. The van der Waals surface area contributed by atoms with Crippen LogP contribution in [0.2, 0.25) is 0 Å². The number of hydrogen-bond donors (Lipinski definition) is 0. The van der Waals surface area contributed by atoms with Crippen LogP contribution >= 0.6 is 0 Å². The molecule has 1 rings (SSSR count). The minimum atomic E-state index is -3.73. The molecule has 0 spiro atoms. The third kappa shape index (κ3) is 0.772. The van der Waals surface area contributed by atoms with E-state index < -0.39 is 12.3 Å². The maximum absolute atomic E-state index is 11.5. The van der Waals surface area contributed by atoms with Crippen molar-refractivity contribution in [1.29, 1.82) is 0 Å². The summed E-state index contributed by atoms with van der Waals surface area (Å²) in [6, 6.07) is 0. The van der Waals surface area contributed by atoms with Gasteiger partial charge in [0.05, 0.1) is 0 Å². The van der Waals surface area contributed by atoms with Gasteiger partial charge in [-0.05, 0) is 0 Å². The van der Waals surface area contributed by atoms with Crippen LogP contribution in [0.15, 0.2) is 10.2 Å². The molecule has 0 fully saturated rings. The summed E-state index contributed by atoms with van der Waals surface area (Å²) in [6.45, 7) is 0. The van der Waals surface area contributed by atoms with Gasteiger partial charge < -0.3 is 4.74 Å². The van der Waals surface area contributed by atoms with Gasteiger partial charge in [-0.15, -0.1) is 8.78 Å². The average Bonchev–Trinajstić information content (AvgIpc) is 1.82. The van der Waals surface area contributed by atoms with E-state index in [9.17, 15) is 13.6 Å². The number of carbonyl (C=O) groups excluding carboxylic acids is 1. The van der Waals surface area contributed by atoms with Crippen molar-refractivity contribution in [1.82, 2.24) is 0 Å². The molecule has 1 aliphatic heterocycles. The zero-order chi connectivity index (χ0) is 6.20. The SMILES string of the molecule is O=C1N=NC(F)(F)O1. The van der Waals surface area contributed by atoms with E-state index in [1.54, 1.807) is 0 Å². The van der Waals surface area contributed by atoms with E-state index in [-0.39, 0.29) is 0 Å². The Labute approximate surface area is 42.2 Å². The van der Waals surface area contributed by atoms with Gasteiger partial charge in [-0.3, -0.25) is 0 Å². The molecule has 0 atom stereocenters. The molecule has 0 saturated carbocycles. The number of hydrogen-bond acceptors (Lipinski definition) is 3. The highest BCUT2D eigenvalue weighted by molar-refractivity contribution is 5.68. The molecule has 0 N–H and O–H groups in total. The highest BCUT2D eigenvalue weighted by Crippen LogP contribution is 2.23. The molecule has 0 aliphatic carbocycles. The van der Waals surface area contributed by atoms with Crippen molar-refractivity contribution in [3.05, 3.63) is 0 Å². The van der Waals surface area contributed by atoms with Gasteiger partial charge in [-0.2, -0.15) is 0 Å². The van der Waals surface area contributed by atoms with Crippen molar-refractivity contribution in [2.45, 2.75) is 6.23 Å². The number of nitrogens with zero attached hydrogens (tertiary/aromatic N) is 2. The summed E-state index contributed by atoms with van der Waals surface area (Å²) < 4.78 is 26.2. The number of alkyl halides is 2. The first-order valence-electron chi connectivity index (χ1n) is 1.64. The lowest BCUT2D eigenvalue weighted by atomic mass is 11.1. The molecular weight excluding hydrogens is 122 g/mol. The molecule has 0 radical (unpaired) electrons. The van der Waals surface area contributed by atoms with Crippen LogP contribution in [-0.4, -0.2) is 12.3 Å². The van der Waals surface area contributed by atoms with Gasteiger partial charge in [-0.1, -0.05) is 10.2 Å². The van der Waals surface area contributed by atoms with Crippen LogP contribution in [0.1, 0.15) is 0 Å². The van der Waals surface area contributed by atoms with Crippen molar-refractivity contribution in [2.75, 3.05) is 0 Å². The summed E-state index contributed by atoms with van der Waals surface area (Å²) in [5, 5.41) is 4.57. The summed E-state index contributed by atoms with van der Waals surface area (Å²) in [5.74, 6) is 0. The second kappa shape index (κ2) is 1.21. The topological polar surface area (TPSA) is 51.0 Å². The van der Waals surface area contributed by atoms with Crippen LogP contribution in [0.3, 0.4) is 0 Å². The predicted molar refractivity (Wildman–Crippen MR) is 16.3 cm³/mol. The normalized spacial score (nSPS) is 23.5. The third-order valence-corrected chi connectivity index (χ3v) is 0.458. The zero-order valence-electron chi connectivity index (χ0n) is 3.47. The minimum absolute atomic E-state index is 1.35. The molecular formula is C2F2N2O2. The molecule has 1 aliphatic rings. The molecule has 0 aromatic rings. The molecule has 0 aromatic heterocycles. The van der Waals surface area contributed by atoms with E-state index in [0.717, 1.165) is 0 Å². The van der Waals surface area contributed by atoms with Crippen LogP contribution in [0.25, 0.3) is 0 Å². The van der Waals surface area contributed by atoms with E-state index >= 15 is 0 Å². The Morgan fingerprint density at radius 1 is 1.62 bits per heavy atom. The molecule has 0 bridgehead atoms. The third-order valence-electron chi connectivity index (χ3n) is 0.458. The predicted octanol–water partition coefficient (Wildman–Crippen LogP) is 1.14. The lowest BCUT2D eigenvalue weighted by molar-refractivity contribution is -0.176. The summed E-state index contributed by atoms with van der Waals surface area (Å²) in [6.07, 6.45) is -5.08. The Hall–Kier alpha value is -1.07. The van der Waals surface area contributed by atoms with Crippen molar-refractivity contribution < 1.29 is 18.3 Å². The average molecular weight is 122 g/mol. The monoisotopic (exact) mass is 122 g/mol. The zero-order valence-corrected chi connectivity index (χ0v) is 3.47. The first-order chi connectivity index (χ1) is 3.60. The molecule has 0 saturated heterocycles. The Bertz CT molecular complexity index is 154. The van der Waals surface area contributed by atoms with Gasteiger partial charge in [0.25, 0.3) is 0 Å². The van der Waals surface area contributed by atoms with Crippen LogP contribution < -0.4 is 0 Å². The van der Waals surface area contributed by atoms with Gasteiger partial charge >= 0.3 is 12.3 Å². The first kappa shape index (κ1) is 5.07. The van der Waals surface area contributed by atoms with Crippen molar-refractivity contribution in [2.24, 2.45) is 10.2 Å².